The zero-order chi connectivity index (χ0) is 13.7. The molecule has 8 heteroatoms. The Morgan fingerprint density at radius 1 is 1.44 bits per heavy atom. The van der Waals surface area contributed by atoms with Crippen molar-refractivity contribution in [2.24, 2.45) is 0 Å². The van der Waals surface area contributed by atoms with Crippen LogP contribution in [0.4, 0.5) is 11.4 Å². The number of rotatable bonds is 5. The lowest BCUT2D eigenvalue weighted by atomic mass is 10.2. The summed E-state index contributed by atoms with van der Waals surface area (Å²) >= 11 is 11.5. The first-order valence-electron chi connectivity index (χ1n) is 4.90. The Hall–Kier alpha value is -1.53. The summed E-state index contributed by atoms with van der Waals surface area (Å²) in [6, 6.07) is 2.50. The van der Waals surface area contributed by atoms with Crippen molar-refractivity contribution < 1.29 is 14.5 Å². The summed E-state index contributed by atoms with van der Waals surface area (Å²) in [5.41, 5.74) is 0.00701. The number of nitro benzene ring substituents is 1. The van der Waals surface area contributed by atoms with Crippen LogP contribution in [-0.2, 0) is 9.53 Å². The normalized spacial score (nSPS) is 9.94. The van der Waals surface area contributed by atoms with Gasteiger partial charge in [0.05, 0.1) is 28.5 Å². The summed E-state index contributed by atoms with van der Waals surface area (Å²) in [7, 11) is 1.27. The van der Waals surface area contributed by atoms with Crippen molar-refractivity contribution in [3.05, 3.63) is 32.3 Å². The summed E-state index contributed by atoms with van der Waals surface area (Å²) in [6.45, 7) is 0.200. The van der Waals surface area contributed by atoms with Crippen LogP contribution in [-0.4, -0.2) is 24.5 Å². The molecule has 98 valence electrons. The largest absolute Gasteiger partial charge is 0.469 e. The number of anilines is 1. The molecule has 0 radical (unpaired) electrons. The third-order valence-electron chi connectivity index (χ3n) is 2.11. The number of hydrogen-bond acceptors (Lipinski definition) is 5. The lowest BCUT2D eigenvalue weighted by Crippen LogP contribution is -2.10. The highest BCUT2D eigenvalue weighted by Gasteiger charge is 2.16. The highest BCUT2D eigenvalue weighted by molar-refractivity contribution is 6.42. The van der Waals surface area contributed by atoms with Gasteiger partial charge in [-0.05, 0) is 6.07 Å². The molecule has 1 N–H and O–H groups in total. The Labute approximate surface area is 113 Å². The minimum Gasteiger partial charge on any atom is -0.469 e. The number of hydrogen-bond donors (Lipinski definition) is 1. The lowest BCUT2D eigenvalue weighted by molar-refractivity contribution is -0.383. The molecule has 0 amide bonds. The molecule has 0 bridgehead atoms. The molecule has 1 aromatic rings. The molecular formula is C10H10Cl2N2O4. The van der Waals surface area contributed by atoms with E-state index < -0.39 is 10.9 Å². The third-order valence-corrected chi connectivity index (χ3v) is 2.83. The van der Waals surface area contributed by atoms with Crippen molar-refractivity contribution in [3.8, 4) is 0 Å². The van der Waals surface area contributed by atoms with Gasteiger partial charge in [0.15, 0.2) is 0 Å². The maximum Gasteiger partial charge on any atom is 0.307 e. The molecular weight excluding hydrogens is 283 g/mol. The number of methoxy groups -OCH3 is 1. The predicted molar refractivity (Wildman–Crippen MR) is 68.2 cm³/mol. The average Bonchev–Trinajstić information content (AvgIpc) is 2.32. The molecule has 0 aliphatic carbocycles. The number of ether oxygens (including phenoxy) is 1. The lowest BCUT2D eigenvalue weighted by Gasteiger charge is -2.07. The number of carbonyl (C=O) groups excluding carboxylic acids is 1. The molecule has 0 aromatic heterocycles. The molecule has 0 spiro atoms. The Balaban J connectivity index is 2.83. The molecule has 0 unspecified atom stereocenters. The fourth-order valence-corrected chi connectivity index (χ4v) is 1.55. The molecule has 1 aromatic carbocycles. The van der Waals surface area contributed by atoms with Gasteiger partial charge in [-0.3, -0.25) is 14.9 Å². The summed E-state index contributed by atoms with van der Waals surface area (Å²) in [5.74, 6) is -0.412. The summed E-state index contributed by atoms with van der Waals surface area (Å²) in [5, 5.41) is 13.8. The van der Waals surface area contributed by atoms with E-state index >= 15 is 0 Å². The molecule has 6 nitrogen and oxygen atoms in total. The van der Waals surface area contributed by atoms with E-state index in [0.29, 0.717) is 0 Å². The third kappa shape index (κ3) is 3.75. The number of nitrogens with one attached hydrogen (secondary N) is 1. The van der Waals surface area contributed by atoms with Crippen LogP contribution in [0.3, 0.4) is 0 Å². The van der Waals surface area contributed by atoms with E-state index in [9.17, 15) is 14.9 Å². The maximum absolute atomic E-state index is 10.9. The minimum atomic E-state index is -0.581. The van der Waals surface area contributed by atoms with Crippen molar-refractivity contribution in [2.45, 2.75) is 6.42 Å². The predicted octanol–water partition coefficient (Wildman–Crippen LogP) is 2.88. The number of carbonyl (C=O) groups is 1. The van der Waals surface area contributed by atoms with Crippen molar-refractivity contribution >= 4 is 40.5 Å². The van der Waals surface area contributed by atoms with Crippen LogP contribution < -0.4 is 5.32 Å². The van der Waals surface area contributed by atoms with Gasteiger partial charge < -0.3 is 10.1 Å². The summed E-state index contributed by atoms with van der Waals surface area (Å²) < 4.78 is 4.45. The van der Waals surface area contributed by atoms with Crippen molar-refractivity contribution in [1.29, 1.82) is 0 Å². The van der Waals surface area contributed by atoms with Gasteiger partial charge >= 0.3 is 5.97 Å². The fraction of sp³-hybridized carbons (Fsp3) is 0.300. The number of benzene rings is 1. The number of halogens is 2. The molecule has 0 aliphatic heterocycles. The molecule has 0 aliphatic rings. The van der Waals surface area contributed by atoms with Crippen molar-refractivity contribution in [2.75, 3.05) is 19.0 Å². The van der Waals surface area contributed by atoms with Crippen LogP contribution in [0.1, 0.15) is 6.42 Å². The van der Waals surface area contributed by atoms with Gasteiger partial charge in [-0.15, -0.1) is 0 Å². The molecule has 18 heavy (non-hydrogen) atoms. The minimum absolute atomic E-state index is 0.0912. The fourth-order valence-electron chi connectivity index (χ4n) is 1.23. The Morgan fingerprint density at radius 3 is 2.61 bits per heavy atom. The van der Waals surface area contributed by atoms with Crippen LogP contribution in [0.15, 0.2) is 12.1 Å². The quantitative estimate of drug-likeness (QED) is 0.513. The van der Waals surface area contributed by atoms with E-state index in [4.69, 9.17) is 23.2 Å². The topological polar surface area (TPSA) is 81.5 Å². The zero-order valence-electron chi connectivity index (χ0n) is 9.41. The van der Waals surface area contributed by atoms with Gasteiger partial charge in [-0.25, -0.2) is 0 Å². The highest BCUT2D eigenvalue weighted by atomic mass is 35.5. The molecule has 0 atom stereocenters. The molecule has 1 rings (SSSR count). The van der Waals surface area contributed by atoms with Crippen LogP contribution in [0, 0.1) is 10.1 Å². The average molecular weight is 293 g/mol. The number of nitrogens with zero attached hydrogens (tertiary/aromatic N) is 1. The Bertz CT molecular complexity index is 479. The number of esters is 1. The number of nitro groups is 1. The maximum atomic E-state index is 10.9. The standard InChI is InChI=1S/C10H10Cl2N2O4/c1-18-10(15)2-3-13-8-4-6(11)7(12)5-9(8)14(16)17/h4-5,13H,2-3H2,1H3. The smallest absolute Gasteiger partial charge is 0.307 e. The van der Waals surface area contributed by atoms with Crippen LogP contribution >= 0.6 is 23.2 Å². The van der Waals surface area contributed by atoms with Gasteiger partial charge in [0.1, 0.15) is 5.69 Å². The summed E-state index contributed by atoms with van der Waals surface area (Å²) in [4.78, 5) is 21.1. The second kappa shape index (κ2) is 6.42. The first-order valence-corrected chi connectivity index (χ1v) is 5.65. The van der Waals surface area contributed by atoms with Crippen LogP contribution in [0.25, 0.3) is 0 Å². The van der Waals surface area contributed by atoms with E-state index in [2.05, 4.69) is 10.1 Å². The zero-order valence-corrected chi connectivity index (χ0v) is 10.9. The second-order valence-corrected chi connectivity index (χ2v) is 4.11. The highest BCUT2D eigenvalue weighted by Crippen LogP contribution is 2.33. The summed E-state index contributed by atoms with van der Waals surface area (Å²) in [6.07, 6.45) is 0.0912. The Kier molecular flexibility index (Phi) is 5.18. The Morgan fingerprint density at radius 2 is 2.06 bits per heavy atom. The van der Waals surface area contributed by atoms with Crippen LogP contribution in [0.5, 0.6) is 0 Å². The van der Waals surface area contributed by atoms with E-state index in [1.54, 1.807) is 0 Å². The van der Waals surface area contributed by atoms with Crippen molar-refractivity contribution in [1.82, 2.24) is 0 Å². The van der Waals surface area contributed by atoms with Gasteiger partial charge in [0.2, 0.25) is 0 Å². The van der Waals surface area contributed by atoms with E-state index in [1.807, 2.05) is 0 Å². The molecule has 0 fully saturated rings. The first-order chi connectivity index (χ1) is 8.45. The van der Waals surface area contributed by atoms with E-state index in [1.165, 1.54) is 13.2 Å². The van der Waals surface area contributed by atoms with E-state index in [0.717, 1.165) is 6.07 Å². The van der Waals surface area contributed by atoms with E-state index in [-0.39, 0.29) is 34.4 Å². The molecule has 0 saturated heterocycles. The monoisotopic (exact) mass is 292 g/mol. The van der Waals surface area contributed by atoms with Crippen LogP contribution in [0.2, 0.25) is 10.0 Å². The molecule has 0 heterocycles. The van der Waals surface area contributed by atoms with Gasteiger partial charge in [0, 0.05) is 12.6 Å². The van der Waals surface area contributed by atoms with Crippen molar-refractivity contribution in [3.63, 3.8) is 0 Å². The second-order valence-electron chi connectivity index (χ2n) is 3.29. The van der Waals surface area contributed by atoms with Gasteiger partial charge in [-0.1, -0.05) is 23.2 Å². The SMILES string of the molecule is COC(=O)CCNc1cc(Cl)c(Cl)cc1[N+](=O)[O-]. The van der Waals surface area contributed by atoms with Gasteiger partial charge in [0.25, 0.3) is 5.69 Å². The first kappa shape index (κ1) is 14.5. The molecule has 0 saturated carbocycles. The van der Waals surface area contributed by atoms with Gasteiger partial charge in [-0.2, -0.15) is 0 Å².